The van der Waals surface area contributed by atoms with Gasteiger partial charge in [-0.25, -0.2) is 0 Å². The highest BCUT2D eigenvalue weighted by Crippen LogP contribution is 2.23. The Morgan fingerprint density at radius 3 is 2.00 bits per heavy atom. The molecular formula is C18H23NO. The number of nitrogens with two attached hydrogens (primary N) is 1. The monoisotopic (exact) mass is 269 g/mol. The molecule has 20 heavy (non-hydrogen) atoms. The highest BCUT2D eigenvalue weighted by molar-refractivity contribution is 5.35. The minimum atomic E-state index is 0.0573. The fourth-order valence-corrected chi connectivity index (χ4v) is 2.08. The lowest BCUT2D eigenvalue weighted by Gasteiger charge is -2.09. The van der Waals surface area contributed by atoms with Crippen LogP contribution in [0.3, 0.4) is 0 Å². The van der Waals surface area contributed by atoms with Crippen molar-refractivity contribution in [1.82, 2.24) is 0 Å². The molecular weight excluding hydrogens is 246 g/mol. The van der Waals surface area contributed by atoms with Gasteiger partial charge in [0.2, 0.25) is 0 Å². The van der Waals surface area contributed by atoms with Crippen molar-refractivity contribution < 1.29 is 4.74 Å². The molecule has 0 heterocycles. The molecule has 0 aliphatic carbocycles. The summed E-state index contributed by atoms with van der Waals surface area (Å²) in [5.41, 5.74) is 8.32. The van der Waals surface area contributed by atoms with Crippen LogP contribution in [-0.4, -0.2) is 0 Å². The predicted molar refractivity (Wildman–Crippen MR) is 84.2 cm³/mol. The number of rotatable bonds is 6. The van der Waals surface area contributed by atoms with Gasteiger partial charge < -0.3 is 10.5 Å². The summed E-state index contributed by atoms with van der Waals surface area (Å²) < 4.78 is 5.83. The van der Waals surface area contributed by atoms with Gasteiger partial charge >= 0.3 is 0 Å². The highest BCUT2D eigenvalue weighted by atomic mass is 16.5. The lowest BCUT2D eigenvalue weighted by molar-refractivity contribution is 0.482. The lowest BCUT2D eigenvalue weighted by atomic mass is 10.1. The molecule has 0 amide bonds. The molecule has 1 atom stereocenters. The second kappa shape index (κ2) is 7.11. The SMILES string of the molecule is CCCCc1ccc(Oc2ccc(C(C)N)cc2)cc1. The largest absolute Gasteiger partial charge is 0.457 e. The summed E-state index contributed by atoms with van der Waals surface area (Å²) in [5.74, 6) is 1.72. The quantitative estimate of drug-likeness (QED) is 0.814. The standard InChI is InChI=1S/C18H23NO/c1-3-4-5-15-6-10-17(11-7-15)20-18-12-8-16(9-13-18)14(2)19/h6-14H,3-5,19H2,1-2H3. The van der Waals surface area contributed by atoms with Gasteiger partial charge in [0.15, 0.2) is 0 Å². The first-order valence-corrected chi connectivity index (χ1v) is 7.31. The average Bonchev–Trinajstić information content (AvgIpc) is 2.47. The molecule has 0 aliphatic heterocycles. The Hall–Kier alpha value is -1.80. The van der Waals surface area contributed by atoms with Gasteiger partial charge in [-0.05, 0) is 55.2 Å². The average molecular weight is 269 g/mol. The third-order valence-electron chi connectivity index (χ3n) is 3.38. The van der Waals surface area contributed by atoms with Crippen LogP contribution in [0, 0.1) is 0 Å². The highest BCUT2D eigenvalue weighted by Gasteiger charge is 2.01. The van der Waals surface area contributed by atoms with E-state index in [1.165, 1.54) is 18.4 Å². The third kappa shape index (κ3) is 4.10. The van der Waals surface area contributed by atoms with Crippen LogP contribution in [0.25, 0.3) is 0 Å². The van der Waals surface area contributed by atoms with E-state index in [4.69, 9.17) is 10.5 Å². The summed E-state index contributed by atoms with van der Waals surface area (Å²) in [6.45, 7) is 4.19. The maximum atomic E-state index is 5.83. The van der Waals surface area contributed by atoms with E-state index in [2.05, 4.69) is 19.1 Å². The molecule has 0 bridgehead atoms. The molecule has 1 unspecified atom stereocenters. The summed E-state index contributed by atoms with van der Waals surface area (Å²) in [5, 5.41) is 0. The Morgan fingerprint density at radius 1 is 0.950 bits per heavy atom. The van der Waals surface area contributed by atoms with E-state index in [1.807, 2.05) is 43.3 Å². The first-order chi connectivity index (χ1) is 9.69. The zero-order chi connectivity index (χ0) is 14.4. The molecule has 106 valence electrons. The molecule has 0 fully saturated rings. The van der Waals surface area contributed by atoms with Crippen molar-refractivity contribution in [3.8, 4) is 11.5 Å². The minimum Gasteiger partial charge on any atom is -0.457 e. The topological polar surface area (TPSA) is 35.2 Å². The Bertz CT molecular complexity index is 514. The normalized spacial score (nSPS) is 12.2. The van der Waals surface area contributed by atoms with Crippen molar-refractivity contribution in [1.29, 1.82) is 0 Å². The van der Waals surface area contributed by atoms with Gasteiger partial charge in [0.25, 0.3) is 0 Å². The Kier molecular flexibility index (Phi) is 5.19. The van der Waals surface area contributed by atoms with Gasteiger partial charge in [-0.1, -0.05) is 37.6 Å². The molecule has 2 rings (SSSR count). The molecule has 2 heteroatoms. The van der Waals surface area contributed by atoms with Gasteiger partial charge in [-0.15, -0.1) is 0 Å². The first kappa shape index (κ1) is 14.6. The van der Waals surface area contributed by atoms with Crippen LogP contribution in [0.15, 0.2) is 48.5 Å². The van der Waals surface area contributed by atoms with E-state index in [-0.39, 0.29) is 6.04 Å². The molecule has 0 radical (unpaired) electrons. The number of hydrogen-bond donors (Lipinski definition) is 1. The van der Waals surface area contributed by atoms with E-state index in [1.54, 1.807) is 0 Å². The minimum absolute atomic E-state index is 0.0573. The molecule has 0 saturated carbocycles. The molecule has 0 saturated heterocycles. The van der Waals surface area contributed by atoms with Gasteiger partial charge in [-0.3, -0.25) is 0 Å². The molecule has 2 aromatic rings. The van der Waals surface area contributed by atoms with Crippen LogP contribution in [0.2, 0.25) is 0 Å². The zero-order valence-corrected chi connectivity index (χ0v) is 12.3. The number of aryl methyl sites for hydroxylation is 1. The lowest BCUT2D eigenvalue weighted by Crippen LogP contribution is -2.04. The maximum Gasteiger partial charge on any atom is 0.127 e. The predicted octanol–water partition coefficient (Wildman–Crippen LogP) is 4.84. The van der Waals surface area contributed by atoms with Crippen molar-refractivity contribution in [3.05, 3.63) is 59.7 Å². The van der Waals surface area contributed by atoms with Gasteiger partial charge in [0.05, 0.1) is 0 Å². The summed E-state index contributed by atoms with van der Waals surface area (Å²) in [6, 6.07) is 16.3. The second-order valence-electron chi connectivity index (χ2n) is 5.21. The van der Waals surface area contributed by atoms with E-state index < -0.39 is 0 Å². The van der Waals surface area contributed by atoms with Crippen molar-refractivity contribution >= 4 is 0 Å². The smallest absolute Gasteiger partial charge is 0.127 e. The van der Waals surface area contributed by atoms with Crippen molar-refractivity contribution in [2.45, 2.75) is 39.2 Å². The number of benzene rings is 2. The first-order valence-electron chi connectivity index (χ1n) is 7.31. The summed E-state index contributed by atoms with van der Waals surface area (Å²) in [6.07, 6.45) is 3.60. The molecule has 0 aromatic heterocycles. The molecule has 0 aliphatic rings. The Morgan fingerprint density at radius 2 is 1.50 bits per heavy atom. The van der Waals surface area contributed by atoms with Gasteiger partial charge in [0, 0.05) is 6.04 Å². The van der Waals surface area contributed by atoms with Crippen LogP contribution in [-0.2, 0) is 6.42 Å². The van der Waals surface area contributed by atoms with Crippen LogP contribution in [0.1, 0.15) is 43.9 Å². The van der Waals surface area contributed by atoms with Gasteiger partial charge in [-0.2, -0.15) is 0 Å². The second-order valence-corrected chi connectivity index (χ2v) is 5.21. The Labute approximate surface area is 121 Å². The van der Waals surface area contributed by atoms with Crippen LogP contribution in [0.5, 0.6) is 11.5 Å². The summed E-state index contributed by atoms with van der Waals surface area (Å²) in [7, 11) is 0. The Balaban J connectivity index is 1.98. The number of unbranched alkanes of at least 4 members (excludes halogenated alkanes) is 1. The third-order valence-corrected chi connectivity index (χ3v) is 3.38. The molecule has 2 N–H and O–H groups in total. The van der Waals surface area contributed by atoms with E-state index >= 15 is 0 Å². The fourth-order valence-electron chi connectivity index (χ4n) is 2.08. The number of ether oxygens (including phenoxy) is 1. The van der Waals surface area contributed by atoms with Crippen molar-refractivity contribution in [3.63, 3.8) is 0 Å². The van der Waals surface area contributed by atoms with Crippen LogP contribution in [0.4, 0.5) is 0 Å². The van der Waals surface area contributed by atoms with Gasteiger partial charge in [0.1, 0.15) is 11.5 Å². The molecule has 2 aromatic carbocycles. The van der Waals surface area contributed by atoms with Crippen molar-refractivity contribution in [2.24, 2.45) is 5.73 Å². The number of hydrogen-bond acceptors (Lipinski definition) is 2. The van der Waals surface area contributed by atoms with E-state index in [0.29, 0.717) is 0 Å². The maximum absolute atomic E-state index is 5.83. The van der Waals surface area contributed by atoms with Crippen LogP contribution >= 0.6 is 0 Å². The molecule has 0 spiro atoms. The summed E-state index contributed by atoms with van der Waals surface area (Å²) >= 11 is 0. The van der Waals surface area contributed by atoms with Crippen molar-refractivity contribution in [2.75, 3.05) is 0 Å². The van der Waals surface area contributed by atoms with E-state index in [0.717, 1.165) is 23.5 Å². The summed E-state index contributed by atoms with van der Waals surface area (Å²) in [4.78, 5) is 0. The van der Waals surface area contributed by atoms with Crippen LogP contribution < -0.4 is 10.5 Å². The zero-order valence-electron chi connectivity index (χ0n) is 12.3. The molecule has 2 nitrogen and oxygen atoms in total. The van der Waals surface area contributed by atoms with E-state index in [9.17, 15) is 0 Å². The fraction of sp³-hybridized carbons (Fsp3) is 0.333.